The molecular weight excluding hydrogens is 312 g/mol. The van der Waals surface area contributed by atoms with Crippen molar-refractivity contribution in [2.45, 2.75) is 45.6 Å². The zero-order valence-electron chi connectivity index (χ0n) is 14.4. The number of hydrogen-bond donors (Lipinski definition) is 0. The minimum absolute atomic E-state index is 0.0598. The van der Waals surface area contributed by atoms with Gasteiger partial charge in [0.1, 0.15) is 5.56 Å². The molecule has 1 aliphatic rings. The lowest BCUT2D eigenvalue weighted by atomic mass is 9.98. The minimum atomic E-state index is -0.545. The van der Waals surface area contributed by atoms with E-state index in [1.54, 1.807) is 11.8 Å². The summed E-state index contributed by atoms with van der Waals surface area (Å²) in [4.78, 5) is 25.6. The van der Waals surface area contributed by atoms with Gasteiger partial charge in [0, 0.05) is 18.7 Å². The minimum Gasteiger partial charge on any atom is -0.493 e. The molecule has 0 bridgehead atoms. The highest BCUT2D eigenvalue weighted by atomic mass is 16.6. The number of amides is 1. The van der Waals surface area contributed by atoms with E-state index in [1.165, 1.54) is 19.2 Å². The van der Waals surface area contributed by atoms with Crippen molar-refractivity contribution in [1.29, 1.82) is 0 Å². The number of benzene rings is 1. The molecule has 0 saturated carbocycles. The molecule has 0 N–H and O–H groups in total. The summed E-state index contributed by atoms with van der Waals surface area (Å²) in [5.74, 6) is 0.293. The Balaban J connectivity index is 2.47. The molecule has 0 spiro atoms. The summed E-state index contributed by atoms with van der Waals surface area (Å²) in [5, 5.41) is 11.4. The lowest BCUT2D eigenvalue weighted by Crippen LogP contribution is -2.43. The molecule has 2 rings (SSSR count). The van der Waals surface area contributed by atoms with Crippen LogP contribution in [0.1, 0.15) is 49.9 Å². The maximum Gasteiger partial charge on any atom is 0.286 e. The Morgan fingerprint density at radius 1 is 1.33 bits per heavy atom. The first-order valence-corrected chi connectivity index (χ1v) is 8.33. The molecule has 1 unspecified atom stereocenters. The Morgan fingerprint density at radius 3 is 2.67 bits per heavy atom. The van der Waals surface area contributed by atoms with Crippen molar-refractivity contribution in [3.8, 4) is 11.5 Å². The van der Waals surface area contributed by atoms with E-state index >= 15 is 0 Å². The summed E-state index contributed by atoms with van der Waals surface area (Å²) >= 11 is 0. The number of methoxy groups -OCH3 is 1. The third-order valence-electron chi connectivity index (χ3n) is 4.37. The second-order valence-corrected chi connectivity index (χ2v) is 5.77. The number of piperidine rings is 1. The van der Waals surface area contributed by atoms with Crippen LogP contribution in [0.5, 0.6) is 11.5 Å². The first-order valence-electron chi connectivity index (χ1n) is 8.33. The first-order chi connectivity index (χ1) is 11.5. The lowest BCUT2D eigenvalue weighted by molar-refractivity contribution is -0.385. The maximum atomic E-state index is 13.0. The molecule has 0 radical (unpaired) electrons. The highest BCUT2D eigenvalue weighted by molar-refractivity contribution is 5.99. The van der Waals surface area contributed by atoms with Crippen molar-refractivity contribution >= 4 is 11.6 Å². The largest absolute Gasteiger partial charge is 0.493 e. The zero-order valence-corrected chi connectivity index (χ0v) is 14.4. The number of ether oxygens (including phenoxy) is 2. The molecular formula is C17H24N2O5. The predicted octanol–water partition coefficient (Wildman–Crippen LogP) is 3.41. The van der Waals surface area contributed by atoms with Gasteiger partial charge in [0.05, 0.1) is 24.7 Å². The van der Waals surface area contributed by atoms with E-state index in [-0.39, 0.29) is 28.9 Å². The van der Waals surface area contributed by atoms with Crippen LogP contribution in [0.25, 0.3) is 0 Å². The van der Waals surface area contributed by atoms with Crippen LogP contribution in [-0.4, -0.2) is 42.0 Å². The van der Waals surface area contributed by atoms with E-state index < -0.39 is 4.92 Å². The van der Waals surface area contributed by atoms with Gasteiger partial charge in [0.25, 0.3) is 11.6 Å². The van der Waals surface area contributed by atoms with Gasteiger partial charge in [-0.15, -0.1) is 0 Å². The van der Waals surface area contributed by atoms with Gasteiger partial charge in [-0.3, -0.25) is 14.9 Å². The first kappa shape index (κ1) is 18.0. The van der Waals surface area contributed by atoms with Crippen LogP contribution in [0.3, 0.4) is 0 Å². The third-order valence-corrected chi connectivity index (χ3v) is 4.37. The third kappa shape index (κ3) is 3.60. The summed E-state index contributed by atoms with van der Waals surface area (Å²) in [6, 6.07) is 2.83. The van der Waals surface area contributed by atoms with E-state index in [9.17, 15) is 14.9 Å². The fourth-order valence-corrected chi connectivity index (χ4v) is 3.15. The van der Waals surface area contributed by atoms with Gasteiger partial charge in [0.2, 0.25) is 0 Å². The number of likely N-dealkylation sites (tertiary alicyclic amines) is 1. The number of nitro benzene ring substituents is 1. The smallest absolute Gasteiger partial charge is 0.286 e. The molecule has 0 aliphatic carbocycles. The molecule has 1 amide bonds. The fraction of sp³-hybridized carbons (Fsp3) is 0.588. The Labute approximate surface area is 141 Å². The van der Waals surface area contributed by atoms with E-state index in [4.69, 9.17) is 9.47 Å². The van der Waals surface area contributed by atoms with Crippen molar-refractivity contribution in [2.24, 2.45) is 0 Å². The number of carbonyl (C=O) groups is 1. The molecule has 7 heteroatoms. The van der Waals surface area contributed by atoms with Crippen LogP contribution in [0.2, 0.25) is 0 Å². The van der Waals surface area contributed by atoms with Gasteiger partial charge in [0.15, 0.2) is 11.5 Å². The van der Waals surface area contributed by atoms with E-state index in [1.807, 2.05) is 6.92 Å². The molecule has 132 valence electrons. The standard InChI is InChI=1S/C17H24N2O5/c1-4-12-8-6-7-9-18(12)17(20)13-10-16(24-5-2)15(23-3)11-14(13)19(21)22/h10-12H,4-9H2,1-3H3. The maximum absolute atomic E-state index is 13.0. The van der Waals surface area contributed by atoms with Crippen LogP contribution in [0.15, 0.2) is 12.1 Å². The highest BCUT2D eigenvalue weighted by Gasteiger charge is 2.32. The molecule has 7 nitrogen and oxygen atoms in total. The molecule has 1 saturated heterocycles. The molecule has 1 heterocycles. The molecule has 24 heavy (non-hydrogen) atoms. The van der Waals surface area contributed by atoms with Gasteiger partial charge in [-0.1, -0.05) is 6.92 Å². The summed E-state index contributed by atoms with van der Waals surface area (Å²) < 4.78 is 10.6. The Morgan fingerprint density at radius 2 is 2.08 bits per heavy atom. The molecule has 1 aliphatic heterocycles. The molecule has 1 fully saturated rings. The Kier molecular flexibility index (Phi) is 6.00. The van der Waals surface area contributed by atoms with Crippen LogP contribution < -0.4 is 9.47 Å². The van der Waals surface area contributed by atoms with Crippen molar-refractivity contribution < 1.29 is 19.2 Å². The average Bonchev–Trinajstić information content (AvgIpc) is 2.60. The monoisotopic (exact) mass is 336 g/mol. The van der Waals surface area contributed by atoms with Crippen LogP contribution in [0.4, 0.5) is 5.69 Å². The molecule has 1 atom stereocenters. The van der Waals surface area contributed by atoms with Gasteiger partial charge in [-0.05, 0) is 32.6 Å². The summed E-state index contributed by atoms with van der Waals surface area (Å²) in [5.41, 5.74) is -0.190. The summed E-state index contributed by atoms with van der Waals surface area (Å²) in [7, 11) is 1.42. The second-order valence-electron chi connectivity index (χ2n) is 5.77. The molecule has 1 aromatic rings. The normalized spacial score (nSPS) is 17.5. The summed E-state index contributed by atoms with van der Waals surface area (Å²) in [6.07, 6.45) is 3.78. The van der Waals surface area contributed by atoms with E-state index in [0.717, 1.165) is 25.7 Å². The van der Waals surface area contributed by atoms with Crippen molar-refractivity contribution in [3.05, 3.63) is 27.8 Å². The molecule has 0 aromatic heterocycles. The molecule has 1 aromatic carbocycles. The topological polar surface area (TPSA) is 81.9 Å². The fourth-order valence-electron chi connectivity index (χ4n) is 3.15. The number of hydrogen-bond acceptors (Lipinski definition) is 5. The van der Waals surface area contributed by atoms with Crippen LogP contribution >= 0.6 is 0 Å². The van der Waals surface area contributed by atoms with E-state index in [2.05, 4.69) is 0 Å². The van der Waals surface area contributed by atoms with E-state index in [0.29, 0.717) is 18.9 Å². The highest BCUT2D eigenvalue weighted by Crippen LogP contribution is 2.36. The number of carbonyl (C=O) groups excluding carboxylic acids is 1. The number of rotatable bonds is 6. The van der Waals surface area contributed by atoms with Crippen molar-refractivity contribution in [2.75, 3.05) is 20.3 Å². The zero-order chi connectivity index (χ0) is 17.7. The van der Waals surface area contributed by atoms with Crippen molar-refractivity contribution in [3.63, 3.8) is 0 Å². The van der Waals surface area contributed by atoms with Gasteiger partial charge >= 0.3 is 0 Å². The van der Waals surface area contributed by atoms with Gasteiger partial charge < -0.3 is 14.4 Å². The second kappa shape index (κ2) is 7.99. The van der Waals surface area contributed by atoms with Crippen LogP contribution in [-0.2, 0) is 0 Å². The lowest BCUT2D eigenvalue weighted by Gasteiger charge is -2.35. The number of nitro groups is 1. The van der Waals surface area contributed by atoms with Gasteiger partial charge in [-0.2, -0.15) is 0 Å². The van der Waals surface area contributed by atoms with Gasteiger partial charge in [-0.25, -0.2) is 0 Å². The summed E-state index contributed by atoms with van der Waals surface area (Å²) in [6.45, 7) is 4.85. The SMILES string of the molecule is CCOc1cc(C(=O)N2CCCCC2CC)c([N+](=O)[O-])cc1OC. The Bertz CT molecular complexity index is 617. The quantitative estimate of drug-likeness (QED) is 0.587. The number of nitrogens with zero attached hydrogens (tertiary/aromatic N) is 2. The Hall–Kier alpha value is -2.31. The average molecular weight is 336 g/mol. The predicted molar refractivity (Wildman–Crippen MR) is 89.8 cm³/mol. The van der Waals surface area contributed by atoms with Crippen LogP contribution in [0, 0.1) is 10.1 Å². The van der Waals surface area contributed by atoms with Crippen molar-refractivity contribution in [1.82, 2.24) is 4.90 Å².